The Morgan fingerprint density at radius 1 is 0.683 bits per heavy atom. The molecular weight excluding hydrogens is 824 g/mol. The lowest BCUT2D eigenvalue weighted by Crippen LogP contribution is -2.43. The van der Waals surface area contributed by atoms with Gasteiger partial charge in [-0.1, -0.05) is 91.8 Å². The zero-order valence-electron chi connectivity index (χ0n) is 40.0. The highest BCUT2D eigenvalue weighted by molar-refractivity contribution is 6.80. The second-order valence-corrected chi connectivity index (χ2v) is 18.3. The zero-order chi connectivity index (χ0) is 48.1. The number of esters is 2. The van der Waals surface area contributed by atoms with Gasteiger partial charge in [-0.05, 0) is 112 Å². The molecule has 14 nitrogen and oxygen atoms in total. The van der Waals surface area contributed by atoms with Crippen LogP contribution < -0.4 is 10.2 Å². The van der Waals surface area contributed by atoms with Gasteiger partial charge in [0.1, 0.15) is 0 Å². The molecule has 2 aromatic heterocycles. The summed E-state index contributed by atoms with van der Waals surface area (Å²) in [6, 6.07) is 15.3. The fourth-order valence-electron chi connectivity index (χ4n) is 7.47. The van der Waals surface area contributed by atoms with Crippen molar-refractivity contribution in [3.63, 3.8) is 0 Å². The summed E-state index contributed by atoms with van der Waals surface area (Å²) in [5, 5.41) is 10.7. The number of anilines is 2. The average Bonchev–Trinajstić information content (AvgIpc) is 3.59. The molecule has 3 amide bonds. The van der Waals surface area contributed by atoms with Gasteiger partial charge < -0.3 is 14.8 Å². The van der Waals surface area contributed by atoms with Crippen LogP contribution in [0.2, 0.25) is 0 Å². The van der Waals surface area contributed by atoms with Crippen molar-refractivity contribution in [1.29, 1.82) is 0 Å². The molecule has 2 atom stereocenters. The summed E-state index contributed by atoms with van der Waals surface area (Å²) in [7, 11) is 3.59. The van der Waals surface area contributed by atoms with Crippen molar-refractivity contribution >= 4 is 57.9 Å². The molecule has 0 aliphatic carbocycles. The van der Waals surface area contributed by atoms with Crippen LogP contribution in [0, 0.1) is 38.5 Å². The van der Waals surface area contributed by atoms with Crippen LogP contribution in [-0.4, -0.2) is 67.7 Å². The van der Waals surface area contributed by atoms with Crippen molar-refractivity contribution in [3.05, 3.63) is 93.6 Å². The molecule has 0 aliphatic rings. The van der Waals surface area contributed by atoms with Crippen LogP contribution in [0.15, 0.2) is 48.5 Å². The molecular formula is C48H67ClN6O8. The lowest BCUT2D eigenvalue weighted by atomic mass is 9.82. The molecule has 2 aromatic carbocycles. The van der Waals surface area contributed by atoms with Crippen LogP contribution in [0.25, 0.3) is 0 Å². The van der Waals surface area contributed by atoms with E-state index in [4.69, 9.17) is 16.3 Å². The fourth-order valence-corrected chi connectivity index (χ4v) is 7.52. The van der Waals surface area contributed by atoms with Gasteiger partial charge >= 0.3 is 23.1 Å². The Morgan fingerprint density at radius 3 is 1.54 bits per heavy atom. The molecule has 2 heterocycles. The number of carbonyl (C=O) groups excluding carboxylic acids is 6. The molecule has 0 spiro atoms. The number of imide groups is 1. The van der Waals surface area contributed by atoms with Crippen molar-refractivity contribution in [1.82, 2.24) is 19.6 Å². The number of halogens is 1. The highest BCUT2D eigenvalue weighted by Crippen LogP contribution is 2.37. The lowest BCUT2D eigenvalue weighted by Gasteiger charge is -2.28. The van der Waals surface area contributed by atoms with E-state index in [1.54, 1.807) is 56.2 Å². The first-order valence-electron chi connectivity index (χ1n) is 21.1. The quantitative estimate of drug-likeness (QED) is 0.0869. The number of hydrogen-bond donors (Lipinski definition) is 1. The van der Waals surface area contributed by atoms with Crippen molar-refractivity contribution in [2.24, 2.45) is 24.9 Å². The lowest BCUT2D eigenvalue weighted by molar-refractivity contribution is -0.153. The van der Waals surface area contributed by atoms with E-state index in [-0.39, 0.29) is 35.9 Å². The maximum absolute atomic E-state index is 13.7. The second kappa shape index (κ2) is 23.2. The second-order valence-electron chi connectivity index (χ2n) is 17.9. The van der Waals surface area contributed by atoms with Crippen LogP contribution in [0.1, 0.15) is 149 Å². The highest BCUT2D eigenvalue weighted by atomic mass is 35.5. The maximum atomic E-state index is 13.7. The number of hydrogen-bond acceptors (Lipinski definition) is 10. The van der Waals surface area contributed by atoms with E-state index < -0.39 is 29.0 Å². The summed E-state index contributed by atoms with van der Waals surface area (Å²) in [5.74, 6) is -3.31. The van der Waals surface area contributed by atoms with Crippen LogP contribution in [0.4, 0.5) is 11.4 Å². The van der Waals surface area contributed by atoms with Crippen molar-refractivity contribution in [2.75, 3.05) is 23.4 Å². The van der Waals surface area contributed by atoms with Crippen LogP contribution in [0.3, 0.4) is 0 Å². The molecule has 0 bridgehead atoms. The minimum Gasteiger partial charge on any atom is -0.459 e. The van der Waals surface area contributed by atoms with E-state index in [1.165, 1.54) is 5.56 Å². The molecule has 0 saturated carbocycles. The summed E-state index contributed by atoms with van der Waals surface area (Å²) in [6.45, 7) is 28.1. The van der Waals surface area contributed by atoms with Crippen LogP contribution in [0.5, 0.6) is 0 Å². The number of aryl methyl sites for hydroxylation is 4. The molecule has 1 N–H and O–H groups in total. The molecule has 0 saturated heterocycles. The predicted octanol–water partition coefficient (Wildman–Crippen LogP) is 9.46. The number of para-hydroxylation sites is 2. The average molecular weight is 892 g/mol. The van der Waals surface area contributed by atoms with Gasteiger partial charge in [-0.2, -0.15) is 10.2 Å². The number of amides is 3. The standard InChI is InChI=1S/C24H33N3O4.C20H29N3O.C4H5ClO3/c1-9-31-23(30)22(29)27(21(28)20-16(3)25-26(8)17(20)4)19-13-11-10-12-18(19)15(2)14-24(5,6)7;1-13(12-20(4,5)6)16-10-8-9-11-17(16)21-19(24)18-14(2)22-23(7)15(18)3;1-2-8-4(7)3(5)6/h10-13,15H,9,14H2,1-8H3;8-11,13H,12H2,1-7H3,(H,21,24);2H2,1H3. The van der Waals surface area contributed by atoms with Crippen molar-refractivity contribution in [2.45, 2.75) is 122 Å². The van der Waals surface area contributed by atoms with E-state index in [9.17, 15) is 28.8 Å². The van der Waals surface area contributed by atoms with Gasteiger partial charge in [0.15, 0.2) is 0 Å². The Hall–Kier alpha value is -5.63. The van der Waals surface area contributed by atoms with Gasteiger partial charge in [-0.3, -0.25) is 28.5 Å². The normalized spacial score (nSPS) is 12.1. The Kier molecular flexibility index (Phi) is 19.7. The van der Waals surface area contributed by atoms with Crippen molar-refractivity contribution in [3.8, 4) is 0 Å². The first-order chi connectivity index (χ1) is 29.2. The number of carbonyl (C=O) groups is 6. The van der Waals surface area contributed by atoms with Gasteiger partial charge in [0.25, 0.3) is 11.8 Å². The number of nitrogens with zero attached hydrogens (tertiary/aromatic N) is 5. The topological polar surface area (TPSA) is 172 Å². The highest BCUT2D eigenvalue weighted by Gasteiger charge is 2.36. The number of nitrogens with one attached hydrogen (secondary N) is 1. The number of ether oxygens (including phenoxy) is 2. The summed E-state index contributed by atoms with van der Waals surface area (Å²) in [4.78, 5) is 72.8. The minimum absolute atomic E-state index is 0.0413. The molecule has 0 aliphatic heterocycles. The molecule has 4 aromatic rings. The zero-order valence-corrected chi connectivity index (χ0v) is 40.7. The molecule has 63 heavy (non-hydrogen) atoms. The largest absolute Gasteiger partial charge is 0.459 e. The monoisotopic (exact) mass is 890 g/mol. The molecule has 4 rings (SSSR count). The van der Waals surface area contributed by atoms with E-state index in [0.717, 1.165) is 40.4 Å². The fraction of sp³-hybridized carbons (Fsp3) is 0.500. The summed E-state index contributed by atoms with van der Waals surface area (Å²) < 4.78 is 12.5. The Balaban J connectivity index is 0.000000377. The predicted molar refractivity (Wildman–Crippen MR) is 247 cm³/mol. The molecule has 15 heteroatoms. The number of benzene rings is 2. The van der Waals surface area contributed by atoms with E-state index >= 15 is 0 Å². The molecule has 2 unspecified atom stereocenters. The number of aromatic nitrogens is 4. The van der Waals surface area contributed by atoms with Gasteiger partial charge in [0.05, 0.1) is 41.4 Å². The van der Waals surface area contributed by atoms with Crippen LogP contribution >= 0.6 is 11.6 Å². The summed E-state index contributed by atoms with van der Waals surface area (Å²) in [6.07, 6.45) is 1.90. The van der Waals surface area contributed by atoms with Crippen molar-refractivity contribution < 1.29 is 38.2 Å². The Bertz CT molecular complexity index is 2260. The van der Waals surface area contributed by atoms with E-state index in [1.807, 2.05) is 51.2 Å². The van der Waals surface area contributed by atoms with E-state index in [0.29, 0.717) is 34.1 Å². The molecule has 0 radical (unpaired) electrons. The smallest absolute Gasteiger partial charge is 0.397 e. The first-order valence-corrected chi connectivity index (χ1v) is 21.5. The Morgan fingerprint density at radius 2 is 1.11 bits per heavy atom. The van der Waals surface area contributed by atoms with Gasteiger partial charge in [-0.25, -0.2) is 14.5 Å². The van der Waals surface area contributed by atoms with Crippen LogP contribution in [-0.2, 0) is 42.7 Å². The first kappa shape index (κ1) is 53.5. The summed E-state index contributed by atoms with van der Waals surface area (Å²) in [5.41, 5.74) is 7.29. The third-order valence-corrected chi connectivity index (χ3v) is 10.2. The number of rotatable bonds is 11. The van der Waals surface area contributed by atoms with E-state index in [2.05, 4.69) is 81.7 Å². The SMILES string of the molecule is CCOC(=O)C(=O)Cl.CCOC(=O)C(=O)N(C(=O)c1c(C)nn(C)c1C)c1ccccc1C(C)CC(C)(C)C.Cc1nn(C)c(C)c1C(=O)Nc1ccccc1C(C)CC(C)(C)C. The minimum atomic E-state index is -1.08. The molecule has 344 valence electrons. The van der Waals surface area contributed by atoms with Gasteiger partial charge in [0, 0.05) is 31.2 Å². The van der Waals surface area contributed by atoms with Gasteiger partial charge in [-0.15, -0.1) is 0 Å². The molecule has 0 fully saturated rings. The third-order valence-electron chi connectivity index (χ3n) is 10.0. The summed E-state index contributed by atoms with van der Waals surface area (Å²) >= 11 is 4.69. The van der Waals surface area contributed by atoms with Gasteiger partial charge in [0.2, 0.25) is 0 Å². The third kappa shape index (κ3) is 15.3. The maximum Gasteiger partial charge on any atom is 0.397 e. The Labute approximate surface area is 378 Å².